The van der Waals surface area contributed by atoms with Crippen molar-refractivity contribution < 1.29 is 18.0 Å². The standard InChI is InChI=1S/C32H37F3N8O/c1-20-6-4-9-42(16-20)17-22-10-24-25(26(11-22)32(33,34)35)18-43(29(24)44)28-13-23(12-27(39-28)37-8-5-7-36)31(14-21(2)15-31)30-40-38-19-41(30)3/h10-13,19-21H,4-6,8-9,14-18H2,1-3H3,(H,37,39)/t20-,21-,31-/m0/s1. The van der Waals surface area contributed by atoms with Gasteiger partial charge in [0.15, 0.2) is 0 Å². The Labute approximate surface area is 255 Å². The molecule has 12 heteroatoms. The Balaban J connectivity index is 1.40. The van der Waals surface area contributed by atoms with Crippen molar-refractivity contribution in [3.05, 3.63) is 64.2 Å². The summed E-state index contributed by atoms with van der Waals surface area (Å²) >= 11 is 0. The molecule has 0 radical (unpaired) electrons. The molecule has 2 fully saturated rings. The number of halogens is 3. The number of carbonyl (C=O) groups excluding carboxylic acids is 1. The lowest BCUT2D eigenvalue weighted by Crippen LogP contribution is -2.43. The van der Waals surface area contributed by atoms with Crippen molar-refractivity contribution in [1.82, 2.24) is 24.6 Å². The molecule has 1 aliphatic carbocycles. The summed E-state index contributed by atoms with van der Waals surface area (Å²) in [4.78, 5) is 22.1. The normalized spacial score (nSPS) is 23.8. The number of fused-ring (bicyclic) bond motifs is 1. The van der Waals surface area contributed by atoms with Crippen molar-refractivity contribution in [3.8, 4) is 6.07 Å². The van der Waals surface area contributed by atoms with E-state index in [1.54, 1.807) is 12.4 Å². The SMILES string of the molecule is C[C@H]1CCCN(Cc2cc3c(c(C(F)(F)F)c2)CN(c2cc([C@]4(c5nncn5C)C[C@H](C)C4)cc(NCCC#N)n2)C3=O)C1. The van der Waals surface area contributed by atoms with Gasteiger partial charge in [0.1, 0.15) is 23.8 Å². The van der Waals surface area contributed by atoms with Gasteiger partial charge in [-0.3, -0.25) is 14.6 Å². The maximum absolute atomic E-state index is 14.5. The number of nitriles is 1. The van der Waals surface area contributed by atoms with Gasteiger partial charge in [0.2, 0.25) is 0 Å². The second kappa shape index (κ2) is 11.5. The number of nitrogens with one attached hydrogen (secondary N) is 1. The number of benzene rings is 1. The monoisotopic (exact) mass is 606 g/mol. The fourth-order valence-corrected chi connectivity index (χ4v) is 7.35. The molecule has 3 aromatic rings. The Morgan fingerprint density at radius 1 is 1.16 bits per heavy atom. The van der Waals surface area contributed by atoms with Crippen LogP contribution < -0.4 is 10.2 Å². The van der Waals surface area contributed by atoms with Gasteiger partial charge in [-0.15, -0.1) is 10.2 Å². The molecule has 4 heterocycles. The van der Waals surface area contributed by atoms with E-state index >= 15 is 0 Å². The molecule has 2 aliphatic heterocycles. The van der Waals surface area contributed by atoms with Crippen LogP contribution in [0.4, 0.5) is 24.8 Å². The van der Waals surface area contributed by atoms with Gasteiger partial charge in [-0.2, -0.15) is 18.4 Å². The van der Waals surface area contributed by atoms with E-state index in [9.17, 15) is 18.0 Å². The number of pyridine rings is 1. The van der Waals surface area contributed by atoms with Crippen LogP contribution in [0.2, 0.25) is 0 Å². The molecule has 1 aromatic carbocycles. The average molecular weight is 607 g/mol. The van der Waals surface area contributed by atoms with Crippen molar-refractivity contribution >= 4 is 17.5 Å². The van der Waals surface area contributed by atoms with Gasteiger partial charge in [0.25, 0.3) is 5.91 Å². The summed E-state index contributed by atoms with van der Waals surface area (Å²) in [5.41, 5.74) is 0.148. The minimum absolute atomic E-state index is 0.0234. The van der Waals surface area contributed by atoms with Crippen molar-refractivity contribution in [2.45, 2.75) is 70.6 Å². The van der Waals surface area contributed by atoms with Gasteiger partial charge in [0, 0.05) is 32.2 Å². The Morgan fingerprint density at radius 3 is 2.61 bits per heavy atom. The molecule has 1 atom stereocenters. The van der Waals surface area contributed by atoms with Crippen LogP contribution in [0.15, 0.2) is 30.6 Å². The van der Waals surface area contributed by atoms with E-state index in [0.717, 1.165) is 50.2 Å². The zero-order valence-corrected chi connectivity index (χ0v) is 25.3. The van der Waals surface area contributed by atoms with Crippen LogP contribution >= 0.6 is 0 Å². The minimum Gasteiger partial charge on any atom is -0.369 e. The first-order valence-corrected chi connectivity index (χ1v) is 15.2. The molecule has 1 saturated carbocycles. The van der Waals surface area contributed by atoms with E-state index in [-0.39, 0.29) is 29.9 Å². The Kier molecular flexibility index (Phi) is 7.86. The van der Waals surface area contributed by atoms with Gasteiger partial charge in [-0.25, -0.2) is 4.98 Å². The average Bonchev–Trinajstić information content (AvgIpc) is 3.53. The van der Waals surface area contributed by atoms with E-state index in [1.807, 2.05) is 23.7 Å². The number of alkyl halides is 3. The summed E-state index contributed by atoms with van der Waals surface area (Å²) in [6.07, 6.45) is 0.994. The first kappa shape index (κ1) is 30.1. The van der Waals surface area contributed by atoms with E-state index in [0.29, 0.717) is 36.3 Å². The molecule has 1 saturated heterocycles. The first-order chi connectivity index (χ1) is 21.0. The molecule has 1 amide bonds. The highest BCUT2D eigenvalue weighted by molar-refractivity contribution is 6.10. The second-order valence-electron chi connectivity index (χ2n) is 12.8. The lowest BCUT2D eigenvalue weighted by molar-refractivity contribution is -0.138. The molecular weight excluding hydrogens is 569 g/mol. The van der Waals surface area contributed by atoms with Crippen LogP contribution in [-0.4, -0.2) is 50.2 Å². The van der Waals surface area contributed by atoms with Crippen LogP contribution in [0.3, 0.4) is 0 Å². The summed E-state index contributed by atoms with van der Waals surface area (Å²) in [6, 6.07) is 8.66. The van der Waals surface area contributed by atoms with Crippen LogP contribution in [0.1, 0.15) is 84.4 Å². The van der Waals surface area contributed by atoms with Crippen LogP contribution in [0.25, 0.3) is 0 Å². The van der Waals surface area contributed by atoms with Crippen molar-refractivity contribution in [3.63, 3.8) is 0 Å². The highest BCUT2D eigenvalue weighted by Gasteiger charge is 2.49. The highest BCUT2D eigenvalue weighted by atomic mass is 19.4. The molecular formula is C32H37F3N8O. The maximum Gasteiger partial charge on any atom is 0.416 e. The lowest BCUT2D eigenvalue weighted by Gasteiger charge is -2.46. The Hall–Kier alpha value is -3.98. The summed E-state index contributed by atoms with van der Waals surface area (Å²) in [5, 5.41) is 20.8. The van der Waals surface area contributed by atoms with Crippen LogP contribution in [0.5, 0.6) is 0 Å². The number of amides is 1. The van der Waals surface area contributed by atoms with Gasteiger partial charge in [-0.05, 0) is 85.0 Å². The number of likely N-dealkylation sites (tertiary alicyclic amines) is 1. The third-order valence-electron chi connectivity index (χ3n) is 9.27. The smallest absolute Gasteiger partial charge is 0.369 e. The molecule has 0 spiro atoms. The van der Waals surface area contributed by atoms with E-state index < -0.39 is 23.1 Å². The van der Waals surface area contributed by atoms with Gasteiger partial charge >= 0.3 is 6.18 Å². The predicted octanol–water partition coefficient (Wildman–Crippen LogP) is 5.66. The van der Waals surface area contributed by atoms with Crippen molar-refractivity contribution in [2.75, 3.05) is 29.9 Å². The number of hydrogen-bond donors (Lipinski definition) is 1. The number of nitrogens with zero attached hydrogens (tertiary/aromatic N) is 7. The zero-order valence-electron chi connectivity index (χ0n) is 25.3. The molecule has 2 aromatic heterocycles. The maximum atomic E-state index is 14.5. The van der Waals surface area contributed by atoms with Crippen molar-refractivity contribution in [2.24, 2.45) is 18.9 Å². The number of piperidine rings is 1. The molecule has 0 bridgehead atoms. The molecule has 9 nitrogen and oxygen atoms in total. The number of hydrogen-bond acceptors (Lipinski definition) is 7. The fraction of sp³-hybridized carbons (Fsp3) is 0.531. The van der Waals surface area contributed by atoms with E-state index in [1.165, 1.54) is 11.0 Å². The quantitative estimate of drug-likeness (QED) is 0.330. The van der Waals surface area contributed by atoms with Gasteiger partial charge in [-0.1, -0.05) is 13.8 Å². The predicted molar refractivity (Wildman–Crippen MR) is 159 cm³/mol. The van der Waals surface area contributed by atoms with Crippen LogP contribution in [-0.2, 0) is 31.7 Å². The fourth-order valence-electron chi connectivity index (χ4n) is 7.35. The summed E-state index contributed by atoms with van der Waals surface area (Å²) in [7, 11) is 1.88. The Bertz CT molecular complexity index is 1600. The molecule has 232 valence electrons. The molecule has 44 heavy (non-hydrogen) atoms. The number of aryl methyl sites for hydroxylation is 1. The first-order valence-electron chi connectivity index (χ1n) is 15.2. The summed E-state index contributed by atoms with van der Waals surface area (Å²) < 4.78 is 45.2. The van der Waals surface area contributed by atoms with Gasteiger partial charge in [0.05, 0.1) is 30.0 Å². The van der Waals surface area contributed by atoms with E-state index in [4.69, 9.17) is 5.26 Å². The van der Waals surface area contributed by atoms with Gasteiger partial charge < -0.3 is 9.88 Å². The topological polar surface area (TPSA) is 103 Å². The molecule has 1 N–H and O–H groups in total. The summed E-state index contributed by atoms with van der Waals surface area (Å²) in [6.45, 7) is 6.43. The third-order valence-corrected chi connectivity index (χ3v) is 9.27. The third kappa shape index (κ3) is 5.54. The van der Waals surface area contributed by atoms with Crippen molar-refractivity contribution in [1.29, 1.82) is 5.26 Å². The van der Waals surface area contributed by atoms with Crippen LogP contribution in [0, 0.1) is 23.2 Å². The molecule has 0 unspecified atom stereocenters. The number of carbonyl (C=O) groups is 1. The molecule has 6 rings (SSSR count). The summed E-state index contributed by atoms with van der Waals surface area (Å²) in [5.74, 6) is 1.91. The second-order valence-corrected chi connectivity index (χ2v) is 12.8. The highest BCUT2D eigenvalue weighted by Crippen LogP contribution is 2.52. The van der Waals surface area contributed by atoms with E-state index in [2.05, 4.69) is 45.3 Å². The zero-order chi connectivity index (χ0) is 31.2. The largest absolute Gasteiger partial charge is 0.416 e. The molecule has 3 aliphatic rings. The number of rotatable bonds is 8. The number of anilines is 2. The number of aromatic nitrogens is 4. The minimum atomic E-state index is -4.61. The Morgan fingerprint density at radius 2 is 1.95 bits per heavy atom. The lowest BCUT2D eigenvalue weighted by atomic mass is 9.58.